The predicted octanol–water partition coefficient (Wildman–Crippen LogP) is 3.28. The van der Waals surface area contributed by atoms with Crippen LogP contribution in [0.15, 0.2) is 18.2 Å². The number of anilines is 2. The van der Waals surface area contributed by atoms with Crippen molar-refractivity contribution in [3.8, 4) is 0 Å². The molecule has 2 unspecified atom stereocenters. The van der Waals surface area contributed by atoms with Crippen LogP contribution in [-0.2, 0) is 9.53 Å². The SMILES string of the molecule is CC(=O)Nc1ccc(NC2CCOC(C)C2)cc1Cl. The number of hydrogen-bond acceptors (Lipinski definition) is 3. The molecule has 0 aliphatic carbocycles. The first-order valence-corrected chi connectivity index (χ1v) is 6.87. The molecule has 0 radical (unpaired) electrons. The van der Waals surface area contributed by atoms with Gasteiger partial charge < -0.3 is 15.4 Å². The van der Waals surface area contributed by atoms with E-state index < -0.39 is 0 Å². The number of ether oxygens (including phenoxy) is 1. The van der Waals surface area contributed by atoms with E-state index in [2.05, 4.69) is 17.6 Å². The maximum absolute atomic E-state index is 11.0. The van der Waals surface area contributed by atoms with E-state index in [0.717, 1.165) is 25.1 Å². The summed E-state index contributed by atoms with van der Waals surface area (Å²) in [5.41, 5.74) is 1.61. The van der Waals surface area contributed by atoms with Gasteiger partial charge in [-0.2, -0.15) is 0 Å². The van der Waals surface area contributed by atoms with Crippen LogP contribution in [0.5, 0.6) is 0 Å². The van der Waals surface area contributed by atoms with Gasteiger partial charge in [0.15, 0.2) is 0 Å². The molecule has 19 heavy (non-hydrogen) atoms. The molecule has 1 fully saturated rings. The summed E-state index contributed by atoms with van der Waals surface area (Å²) in [4.78, 5) is 11.0. The van der Waals surface area contributed by atoms with Crippen LogP contribution in [0.25, 0.3) is 0 Å². The third kappa shape index (κ3) is 4.11. The molecular formula is C14H19ClN2O2. The Balaban J connectivity index is 2.01. The maximum Gasteiger partial charge on any atom is 0.221 e. The van der Waals surface area contributed by atoms with Crippen LogP contribution >= 0.6 is 11.6 Å². The summed E-state index contributed by atoms with van der Waals surface area (Å²) in [6.45, 7) is 4.34. The van der Waals surface area contributed by atoms with Gasteiger partial charge in [-0.25, -0.2) is 0 Å². The highest BCUT2D eigenvalue weighted by molar-refractivity contribution is 6.34. The smallest absolute Gasteiger partial charge is 0.221 e. The molecule has 2 N–H and O–H groups in total. The normalized spacial score (nSPS) is 22.9. The summed E-state index contributed by atoms with van der Waals surface area (Å²) < 4.78 is 5.52. The number of carbonyl (C=O) groups excluding carboxylic acids is 1. The molecule has 2 rings (SSSR count). The largest absolute Gasteiger partial charge is 0.382 e. The lowest BCUT2D eigenvalue weighted by Gasteiger charge is -2.28. The first kappa shape index (κ1) is 14.2. The van der Waals surface area contributed by atoms with Crippen LogP contribution in [0.3, 0.4) is 0 Å². The minimum Gasteiger partial charge on any atom is -0.382 e. The van der Waals surface area contributed by atoms with Gasteiger partial charge in [0.2, 0.25) is 5.91 Å². The van der Waals surface area contributed by atoms with E-state index in [1.54, 1.807) is 0 Å². The number of carbonyl (C=O) groups is 1. The summed E-state index contributed by atoms with van der Waals surface area (Å²) in [7, 11) is 0. The highest BCUT2D eigenvalue weighted by Gasteiger charge is 2.19. The third-order valence-corrected chi connectivity index (χ3v) is 3.45. The Hall–Kier alpha value is -1.26. The van der Waals surface area contributed by atoms with Gasteiger partial charge in [-0.15, -0.1) is 0 Å². The number of amides is 1. The Labute approximate surface area is 118 Å². The Kier molecular flexibility index (Phi) is 4.66. The second kappa shape index (κ2) is 6.26. The van der Waals surface area contributed by atoms with Gasteiger partial charge in [-0.05, 0) is 38.0 Å². The molecule has 1 aliphatic heterocycles. The van der Waals surface area contributed by atoms with Crippen molar-refractivity contribution in [2.24, 2.45) is 0 Å². The van der Waals surface area contributed by atoms with Gasteiger partial charge >= 0.3 is 0 Å². The minimum absolute atomic E-state index is 0.124. The lowest BCUT2D eigenvalue weighted by Crippen LogP contribution is -2.32. The summed E-state index contributed by atoms with van der Waals surface area (Å²) >= 11 is 6.14. The minimum atomic E-state index is -0.124. The molecule has 0 bridgehead atoms. The fourth-order valence-electron chi connectivity index (χ4n) is 2.26. The second-order valence-corrected chi connectivity index (χ2v) is 5.33. The molecule has 4 nitrogen and oxygen atoms in total. The first-order chi connectivity index (χ1) is 9.04. The highest BCUT2D eigenvalue weighted by Crippen LogP contribution is 2.27. The van der Waals surface area contributed by atoms with E-state index in [0.29, 0.717) is 22.9 Å². The Morgan fingerprint density at radius 3 is 2.89 bits per heavy atom. The number of halogens is 1. The predicted molar refractivity (Wildman–Crippen MR) is 77.8 cm³/mol. The first-order valence-electron chi connectivity index (χ1n) is 6.50. The van der Waals surface area contributed by atoms with Crippen LogP contribution < -0.4 is 10.6 Å². The second-order valence-electron chi connectivity index (χ2n) is 4.92. The van der Waals surface area contributed by atoms with Crippen LogP contribution in [0.1, 0.15) is 26.7 Å². The average molecular weight is 283 g/mol. The number of hydrogen-bond donors (Lipinski definition) is 2. The quantitative estimate of drug-likeness (QED) is 0.894. The van der Waals surface area contributed by atoms with Crippen molar-refractivity contribution >= 4 is 28.9 Å². The molecule has 1 saturated heterocycles. The fraction of sp³-hybridized carbons (Fsp3) is 0.500. The molecule has 2 atom stereocenters. The lowest BCUT2D eigenvalue weighted by molar-refractivity contribution is -0.114. The van der Waals surface area contributed by atoms with Crippen LogP contribution in [-0.4, -0.2) is 24.7 Å². The number of rotatable bonds is 3. The molecule has 1 aliphatic rings. The van der Waals surface area contributed by atoms with Gasteiger partial charge in [-0.3, -0.25) is 4.79 Å². The molecule has 104 valence electrons. The van der Waals surface area contributed by atoms with Crippen LogP contribution in [0, 0.1) is 0 Å². The van der Waals surface area contributed by atoms with Gasteiger partial charge in [-0.1, -0.05) is 11.6 Å². The van der Waals surface area contributed by atoms with Crippen molar-refractivity contribution in [3.63, 3.8) is 0 Å². The maximum atomic E-state index is 11.0. The van der Waals surface area contributed by atoms with Crippen molar-refractivity contribution in [1.29, 1.82) is 0 Å². The molecule has 0 aromatic heterocycles. The van der Waals surface area contributed by atoms with Crippen LogP contribution in [0.4, 0.5) is 11.4 Å². The van der Waals surface area contributed by atoms with E-state index in [9.17, 15) is 4.79 Å². The zero-order valence-corrected chi connectivity index (χ0v) is 12.0. The molecule has 5 heteroatoms. The molecule has 1 heterocycles. The molecule has 1 aromatic rings. The molecular weight excluding hydrogens is 264 g/mol. The van der Waals surface area contributed by atoms with Crippen molar-refractivity contribution in [2.75, 3.05) is 17.2 Å². The van der Waals surface area contributed by atoms with Crippen molar-refractivity contribution < 1.29 is 9.53 Å². The summed E-state index contributed by atoms with van der Waals surface area (Å²) in [5.74, 6) is -0.124. The number of nitrogens with one attached hydrogen (secondary N) is 2. The Morgan fingerprint density at radius 2 is 2.26 bits per heavy atom. The topological polar surface area (TPSA) is 50.4 Å². The summed E-state index contributed by atoms with van der Waals surface area (Å²) in [5, 5.41) is 6.69. The average Bonchev–Trinajstić information content (AvgIpc) is 2.32. The van der Waals surface area contributed by atoms with E-state index in [1.165, 1.54) is 6.92 Å². The van der Waals surface area contributed by atoms with Gasteiger partial charge in [0.05, 0.1) is 16.8 Å². The molecule has 0 spiro atoms. The zero-order chi connectivity index (χ0) is 13.8. The monoisotopic (exact) mass is 282 g/mol. The van der Waals surface area contributed by atoms with Crippen LogP contribution in [0.2, 0.25) is 5.02 Å². The van der Waals surface area contributed by atoms with E-state index in [-0.39, 0.29) is 5.91 Å². The third-order valence-electron chi connectivity index (χ3n) is 3.14. The van der Waals surface area contributed by atoms with E-state index in [1.807, 2.05) is 18.2 Å². The van der Waals surface area contributed by atoms with Crippen molar-refractivity contribution in [3.05, 3.63) is 23.2 Å². The van der Waals surface area contributed by atoms with E-state index >= 15 is 0 Å². The fourth-order valence-corrected chi connectivity index (χ4v) is 2.49. The molecule has 1 aromatic carbocycles. The molecule has 0 saturated carbocycles. The zero-order valence-electron chi connectivity index (χ0n) is 11.2. The lowest BCUT2D eigenvalue weighted by atomic mass is 10.0. The molecule has 1 amide bonds. The van der Waals surface area contributed by atoms with E-state index in [4.69, 9.17) is 16.3 Å². The Morgan fingerprint density at radius 1 is 1.47 bits per heavy atom. The standard InChI is InChI=1S/C14H19ClN2O2/c1-9-7-12(5-6-19-9)17-11-3-4-14(13(15)8-11)16-10(2)18/h3-4,8-9,12,17H,5-7H2,1-2H3,(H,16,18). The van der Waals surface area contributed by atoms with Crippen molar-refractivity contribution in [1.82, 2.24) is 0 Å². The van der Waals surface area contributed by atoms with Gasteiger partial charge in [0.25, 0.3) is 0 Å². The summed E-state index contributed by atoms with van der Waals surface area (Å²) in [6.07, 6.45) is 2.28. The summed E-state index contributed by atoms with van der Waals surface area (Å²) in [6, 6.07) is 5.99. The highest BCUT2D eigenvalue weighted by atomic mass is 35.5. The Bertz CT molecular complexity index is 465. The van der Waals surface area contributed by atoms with Gasteiger partial charge in [0, 0.05) is 25.3 Å². The van der Waals surface area contributed by atoms with Crippen molar-refractivity contribution in [2.45, 2.75) is 38.8 Å². The van der Waals surface area contributed by atoms with Gasteiger partial charge in [0.1, 0.15) is 0 Å². The number of benzene rings is 1.